The van der Waals surface area contributed by atoms with Crippen LogP contribution in [0.5, 0.6) is 0 Å². The van der Waals surface area contributed by atoms with Crippen LogP contribution in [0.2, 0.25) is 0 Å². The lowest BCUT2D eigenvalue weighted by Gasteiger charge is -2.19. The number of ether oxygens (including phenoxy) is 2. The van der Waals surface area contributed by atoms with Gasteiger partial charge in [-0.3, -0.25) is 18.6 Å². The van der Waals surface area contributed by atoms with Gasteiger partial charge in [0.05, 0.1) is 13.2 Å². The van der Waals surface area contributed by atoms with Gasteiger partial charge >= 0.3 is 19.8 Å². The van der Waals surface area contributed by atoms with E-state index in [2.05, 4.69) is 4.52 Å². The number of rotatable bonds is 12. The first-order valence-electron chi connectivity index (χ1n) is 7.31. The van der Waals surface area contributed by atoms with Crippen LogP contribution < -0.4 is 0 Å². The topological polar surface area (TPSA) is 108 Å². The summed E-state index contributed by atoms with van der Waals surface area (Å²) in [5.41, 5.74) is 0. The predicted octanol–water partition coefficient (Wildman–Crippen LogP) is 2.20. The molecule has 130 valence electrons. The maximum Gasteiger partial charge on any atom is 0.472 e. The Morgan fingerprint density at radius 3 is 2.14 bits per heavy atom. The fraction of sp³-hybridized carbons (Fsp3) is 0.846. The van der Waals surface area contributed by atoms with E-state index in [1.54, 1.807) is 0 Å². The first kappa shape index (κ1) is 21.0. The first-order valence-corrected chi connectivity index (χ1v) is 8.81. The second-order valence-corrected chi connectivity index (χ2v) is 5.93. The summed E-state index contributed by atoms with van der Waals surface area (Å²) in [6.45, 7) is 4.54. The Labute approximate surface area is 130 Å². The molecule has 0 aromatic heterocycles. The van der Waals surface area contributed by atoms with Crippen molar-refractivity contribution < 1.29 is 37.6 Å². The number of phosphoric acid groups is 1. The number of carbonyl (C=O) groups excluding carboxylic acids is 2. The third-order valence-electron chi connectivity index (χ3n) is 2.35. The van der Waals surface area contributed by atoms with Gasteiger partial charge in [-0.2, -0.15) is 0 Å². The van der Waals surface area contributed by atoms with Gasteiger partial charge in [0.1, 0.15) is 6.61 Å². The highest BCUT2D eigenvalue weighted by atomic mass is 31.2. The summed E-state index contributed by atoms with van der Waals surface area (Å²) in [5, 5.41) is 0. The van der Waals surface area contributed by atoms with Crippen molar-refractivity contribution in [3.8, 4) is 0 Å². The Morgan fingerprint density at radius 1 is 1.00 bits per heavy atom. The zero-order valence-corrected chi connectivity index (χ0v) is 14.2. The Hall–Kier alpha value is -0.950. The summed E-state index contributed by atoms with van der Waals surface area (Å²) in [7, 11) is -4.20. The Kier molecular flexibility index (Phi) is 11.1. The van der Waals surface area contributed by atoms with Crippen molar-refractivity contribution in [1.82, 2.24) is 0 Å². The van der Waals surface area contributed by atoms with Crippen molar-refractivity contribution in [2.75, 3.05) is 19.8 Å². The molecule has 0 bridgehead atoms. The molecule has 0 aromatic carbocycles. The molecule has 0 radical (unpaired) electrons. The van der Waals surface area contributed by atoms with Crippen LogP contribution in [0, 0.1) is 0 Å². The van der Waals surface area contributed by atoms with Gasteiger partial charge in [0.25, 0.3) is 0 Å². The summed E-state index contributed by atoms with van der Waals surface area (Å²) < 4.78 is 30.7. The molecule has 0 rings (SSSR count). The van der Waals surface area contributed by atoms with E-state index in [-0.39, 0.29) is 26.1 Å². The van der Waals surface area contributed by atoms with E-state index in [4.69, 9.17) is 14.0 Å². The van der Waals surface area contributed by atoms with Gasteiger partial charge in [0.15, 0.2) is 6.10 Å². The van der Waals surface area contributed by atoms with Crippen LogP contribution in [-0.2, 0) is 32.7 Å². The monoisotopic (exact) mass is 340 g/mol. The number of hydrogen-bond donors (Lipinski definition) is 1. The zero-order chi connectivity index (χ0) is 17.0. The lowest BCUT2D eigenvalue weighted by Crippen LogP contribution is -2.29. The molecule has 0 heterocycles. The average molecular weight is 340 g/mol. The summed E-state index contributed by atoms with van der Waals surface area (Å²) in [6.07, 6.45) is 0.710. The maximum atomic E-state index is 11.5. The van der Waals surface area contributed by atoms with Crippen LogP contribution >= 0.6 is 7.82 Å². The molecule has 0 amide bonds. The highest BCUT2D eigenvalue weighted by Gasteiger charge is 2.25. The zero-order valence-electron chi connectivity index (χ0n) is 13.3. The smallest absolute Gasteiger partial charge is 0.462 e. The van der Waals surface area contributed by atoms with Gasteiger partial charge in [-0.15, -0.1) is 0 Å². The largest absolute Gasteiger partial charge is 0.472 e. The number of carbonyl (C=O) groups is 2. The van der Waals surface area contributed by atoms with E-state index >= 15 is 0 Å². The molecule has 1 unspecified atom stereocenters. The molecule has 9 heteroatoms. The maximum absolute atomic E-state index is 11.5. The van der Waals surface area contributed by atoms with Gasteiger partial charge in [0, 0.05) is 12.8 Å². The molecule has 2 atom stereocenters. The van der Waals surface area contributed by atoms with Gasteiger partial charge < -0.3 is 14.4 Å². The van der Waals surface area contributed by atoms with Crippen molar-refractivity contribution in [3.05, 3.63) is 0 Å². The molecular formula is C13H25O8P. The van der Waals surface area contributed by atoms with E-state index in [1.165, 1.54) is 6.92 Å². The van der Waals surface area contributed by atoms with E-state index in [0.29, 0.717) is 12.8 Å². The van der Waals surface area contributed by atoms with Crippen molar-refractivity contribution >= 4 is 19.8 Å². The third-order valence-corrected chi connectivity index (χ3v) is 3.41. The number of phosphoric ester groups is 1. The molecule has 0 saturated heterocycles. The van der Waals surface area contributed by atoms with E-state index < -0.39 is 32.5 Å². The standard InChI is InChI=1S/C13H25O8P/c1-4-7-12(14)18-9-11(21-13(15)8-5-2)10-20-22(16,17)19-6-3/h11H,4-10H2,1-3H3,(H,16,17)/t11-/m1/s1. The molecule has 22 heavy (non-hydrogen) atoms. The van der Waals surface area contributed by atoms with Crippen molar-refractivity contribution in [2.45, 2.75) is 52.6 Å². The SMILES string of the molecule is CCCC(=O)OC[C@H](COP(=O)(O)OCC)OC(=O)CCC. The van der Waals surface area contributed by atoms with Crippen LogP contribution in [0.3, 0.4) is 0 Å². The minimum atomic E-state index is -4.20. The van der Waals surface area contributed by atoms with E-state index in [0.717, 1.165) is 0 Å². The summed E-state index contributed by atoms with van der Waals surface area (Å²) in [6, 6.07) is 0. The summed E-state index contributed by atoms with van der Waals surface area (Å²) in [5.74, 6) is -0.928. The lowest BCUT2D eigenvalue weighted by atomic mass is 10.3. The summed E-state index contributed by atoms with van der Waals surface area (Å²) in [4.78, 5) is 32.1. The van der Waals surface area contributed by atoms with E-state index in [1.807, 2.05) is 13.8 Å². The minimum absolute atomic E-state index is 0.000444. The molecule has 0 fully saturated rings. The van der Waals surface area contributed by atoms with Crippen molar-refractivity contribution in [1.29, 1.82) is 0 Å². The van der Waals surface area contributed by atoms with E-state index in [9.17, 15) is 19.0 Å². The van der Waals surface area contributed by atoms with Crippen LogP contribution in [0.15, 0.2) is 0 Å². The highest BCUT2D eigenvalue weighted by Crippen LogP contribution is 2.43. The predicted molar refractivity (Wildman–Crippen MR) is 78.1 cm³/mol. The average Bonchev–Trinajstić information content (AvgIpc) is 2.42. The molecule has 0 aliphatic heterocycles. The third kappa shape index (κ3) is 10.7. The van der Waals surface area contributed by atoms with Gasteiger partial charge in [0.2, 0.25) is 0 Å². The summed E-state index contributed by atoms with van der Waals surface area (Å²) >= 11 is 0. The van der Waals surface area contributed by atoms with Crippen molar-refractivity contribution in [3.63, 3.8) is 0 Å². The van der Waals surface area contributed by atoms with Crippen LogP contribution in [-0.4, -0.2) is 42.8 Å². The van der Waals surface area contributed by atoms with Gasteiger partial charge in [-0.25, -0.2) is 4.57 Å². The fourth-order valence-corrected chi connectivity index (χ4v) is 2.16. The highest BCUT2D eigenvalue weighted by molar-refractivity contribution is 7.47. The van der Waals surface area contributed by atoms with Crippen LogP contribution in [0.1, 0.15) is 46.5 Å². The number of hydrogen-bond acceptors (Lipinski definition) is 7. The van der Waals surface area contributed by atoms with Gasteiger partial charge in [-0.05, 0) is 19.8 Å². The number of esters is 2. The second-order valence-electron chi connectivity index (χ2n) is 4.48. The second kappa shape index (κ2) is 11.6. The lowest BCUT2D eigenvalue weighted by molar-refractivity contribution is -0.161. The minimum Gasteiger partial charge on any atom is -0.462 e. The molecule has 0 aromatic rings. The Morgan fingerprint density at radius 2 is 1.59 bits per heavy atom. The Bertz CT molecular complexity index is 384. The normalized spacial score (nSPS) is 14.9. The van der Waals surface area contributed by atoms with Crippen LogP contribution in [0.4, 0.5) is 0 Å². The van der Waals surface area contributed by atoms with Crippen molar-refractivity contribution in [2.24, 2.45) is 0 Å². The Balaban J connectivity index is 4.47. The quantitative estimate of drug-likeness (QED) is 0.425. The van der Waals surface area contributed by atoms with Gasteiger partial charge in [-0.1, -0.05) is 13.8 Å². The molecule has 0 aliphatic rings. The molecule has 0 saturated carbocycles. The van der Waals surface area contributed by atoms with Crippen LogP contribution in [0.25, 0.3) is 0 Å². The fourth-order valence-electron chi connectivity index (χ4n) is 1.41. The molecule has 0 aliphatic carbocycles. The molecular weight excluding hydrogens is 315 g/mol. The first-order chi connectivity index (χ1) is 10.3. The molecule has 0 spiro atoms. The molecule has 1 N–H and O–H groups in total. The molecule has 8 nitrogen and oxygen atoms in total.